The van der Waals surface area contributed by atoms with E-state index in [4.69, 9.17) is 10.2 Å². The van der Waals surface area contributed by atoms with Gasteiger partial charge in [-0.3, -0.25) is 9.48 Å². The van der Waals surface area contributed by atoms with Gasteiger partial charge in [-0.05, 0) is 0 Å². The van der Waals surface area contributed by atoms with Gasteiger partial charge in [-0.2, -0.15) is 0 Å². The maximum atomic E-state index is 10.2. The van der Waals surface area contributed by atoms with Crippen LogP contribution in [0.15, 0.2) is 6.07 Å². The second-order valence-electron chi connectivity index (χ2n) is 2.19. The summed E-state index contributed by atoms with van der Waals surface area (Å²) in [6.45, 7) is 0. The molecule has 5 nitrogen and oxygen atoms in total. The van der Waals surface area contributed by atoms with Gasteiger partial charge in [-0.1, -0.05) is 0 Å². The lowest BCUT2D eigenvalue weighted by Gasteiger charge is -1.94. The van der Waals surface area contributed by atoms with Crippen molar-refractivity contribution in [2.45, 2.75) is 6.42 Å². The van der Waals surface area contributed by atoms with Crippen LogP contribution in [0.5, 0.6) is 5.88 Å². The summed E-state index contributed by atoms with van der Waals surface area (Å²) < 4.78 is 1.34. The molecule has 1 aromatic heterocycles. The Morgan fingerprint density at radius 1 is 1.82 bits per heavy atom. The maximum Gasteiger partial charge on any atom is 0.309 e. The molecule has 0 atom stereocenters. The third-order valence-electron chi connectivity index (χ3n) is 1.30. The van der Waals surface area contributed by atoms with E-state index in [0.29, 0.717) is 5.69 Å². The number of rotatable bonds is 2. The highest BCUT2D eigenvalue weighted by molar-refractivity contribution is 5.69. The highest BCUT2D eigenvalue weighted by Crippen LogP contribution is 2.08. The third-order valence-corrected chi connectivity index (χ3v) is 1.30. The molecule has 0 saturated carbocycles. The van der Waals surface area contributed by atoms with Gasteiger partial charge in [-0.25, -0.2) is 0 Å². The molecule has 0 fully saturated rings. The largest absolute Gasteiger partial charge is 0.492 e. The minimum Gasteiger partial charge on any atom is -0.492 e. The van der Waals surface area contributed by atoms with Crippen LogP contribution in [0.1, 0.15) is 5.69 Å². The van der Waals surface area contributed by atoms with Gasteiger partial charge >= 0.3 is 5.97 Å². The molecule has 11 heavy (non-hydrogen) atoms. The number of aliphatic carboxylic acids is 1. The first-order valence-electron chi connectivity index (χ1n) is 3.03. The van der Waals surface area contributed by atoms with Crippen molar-refractivity contribution in [2.24, 2.45) is 7.05 Å². The Bertz CT molecular complexity index is 279. The fourth-order valence-corrected chi connectivity index (χ4v) is 0.810. The molecule has 5 heteroatoms. The molecular weight excluding hydrogens is 148 g/mol. The molecule has 1 heterocycles. The number of aromatic nitrogens is 2. The van der Waals surface area contributed by atoms with E-state index in [1.54, 1.807) is 7.05 Å². The number of carboxylic acid groups (broad SMARTS) is 1. The van der Waals surface area contributed by atoms with Crippen molar-refractivity contribution < 1.29 is 15.0 Å². The summed E-state index contributed by atoms with van der Waals surface area (Å²) >= 11 is 0. The molecular formula is C6H8N2O3. The highest BCUT2D eigenvalue weighted by atomic mass is 16.4. The third kappa shape index (κ3) is 1.70. The summed E-state index contributed by atoms with van der Waals surface area (Å²) in [5.74, 6) is -1.09. The molecule has 0 bridgehead atoms. The van der Waals surface area contributed by atoms with E-state index < -0.39 is 5.97 Å². The summed E-state index contributed by atoms with van der Waals surface area (Å²) in [5, 5.41) is 20.8. The molecule has 0 aliphatic carbocycles. The van der Waals surface area contributed by atoms with Gasteiger partial charge in [0.15, 0.2) is 0 Å². The van der Waals surface area contributed by atoms with E-state index in [9.17, 15) is 4.79 Å². The van der Waals surface area contributed by atoms with E-state index >= 15 is 0 Å². The summed E-state index contributed by atoms with van der Waals surface area (Å²) in [7, 11) is 1.58. The number of carboxylic acids is 1. The van der Waals surface area contributed by atoms with Gasteiger partial charge in [0.2, 0.25) is 5.88 Å². The standard InChI is InChI=1S/C6H8N2O3/c1-8-4(3-6(10)11)2-5(9)7-8/h2H,3H2,1H3,(H,7,9)(H,10,11). The van der Waals surface area contributed by atoms with Crippen LogP contribution < -0.4 is 0 Å². The van der Waals surface area contributed by atoms with Gasteiger partial charge in [0.25, 0.3) is 0 Å². The molecule has 0 aromatic carbocycles. The minimum atomic E-state index is -0.937. The zero-order valence-corrected chi connectivity index (χ0v) is 5.98. The Labute approximate surface area is 62.9 Å². The number of aryl methyl sites for hydroxylation is 1. The van der Waals surface area contributed by atoms with E-state index in [0.717, 1.165) is 0 Å². The average Bonchev–Trinajstić information content (AvgIpc) is 2.09. The Morgan fingerprint density at radius 3 is 2.82 bits per heavy atom. The van der Waals surface area contributed by atoms with E-state index in [1.165, 1.54) is 10.7 Å². The normalized spacial score (nSPS) is 9.91. The average molecular weight is 156 g/mol. The van der Waals surface area contributed by atoms with Crippen LogP contribution in [0.2, 0.25) is 0 Å². The highest BCUT2D eigenvalue weighted by Gasteiger charge is 2.06. The summed E-state index contributed by atoms with van der Waals surface area (Å²) in [4.78, 5) is 10.2. The maximum absolute atomic E-state index is 10.2. The summed E-state index contributed by atoms with van der Waals surface area (Å²) in [6.07, 6.45) is -0.121. The minimum absolute atomic E-state index is 0.121. The predicted octanol–water partition coefficient (Wildman–Crippen LogP) is -0.247. The summed E-state index contributed by atoms with van der Waals surface area (Å²) in [5.41, 5.74) is 0.481. The quantitative estimate of drug-likeness (QED) is 0.619. The number of aromatic hydroxyl groups is 1. The van der Waals surface area contributed by atoms with Crippen LogP contribution in [-0.2, 0) is 18.3 Å². The number of hydrogen-bond donors (Lipinski definition) is 2. The first-order valence-corrected chi connectivity index (χ1v) is 3.03. The molecule has 0 saturated heterocycles. The lowest BCUT2D eigenvalue weighted by Crippen LogP contribution is -2.05. The first-order chi connectivity index (χ1) is 5.09. The van der Waals surface area contributed by atoms with Gasteiger partial charge in [0, 0.05) is 13.1 Å². The van der Waals surface area contributed by atoms with Crippen LogP contribution in [-0.4, -0.2) is 26.0 Å². The fraction of sp³-hybridized carbons (Fsp3) is 0.333. The van der Waals surface area contributed by atoms with Crippen molar-refractivity contribution in [1.82, 2.24) is 9.78 Å². The smallest absolute Gasteiger partial charge is 0.309 e. The van der Waals surface area contributed by atoms with Crippen LogP contribution in [0, 0.1) is 0 Å². The second kappa shape index (κ2) is 2.61. The molecule has 1 aromatic rings. The predicted molar refractivity (Wildman–Crippen MR) is 36.2 cm³/mol. The molecule has 1 rings (SSSR count). The van der Waals surface area contributed by atoms with Crippen LogP contribution in [0.25, 0.3) is 0 Å². The SMILES string of the molecule is Cn1nc(O)cc1CC(=O)O. The number of nitrogens with zero attached hydrogens (tertiary/aromatic N) is 2. The first kappa shape index (κ1) is 7.59. The van der Waals surface area contributed by atoms with Crippen LogP contribution in [0.4, 0.5) is 0 Å². The summed E-state index contributed by atoms with van der Waals surface area (Å²) in [6, 6.07) is 1.33. The Hall–Kier alpha value is -1.52. The van der Waals surface area contributed by atoms with Gasteiger partial charge in [0.1, 0.15) is 0 Å². The molecule has 60 valence electrons. The zero-order valence-electron chi connectivity index (χ0n) is 5.98. The number of carbonyl (C=O) groups is 1. The number of hydrogen-bond acceptors (Lipinski definition) is 3. The van der Waals surface area contributed by atoms with E-state index in [-0.39, 0.29) is 12.3 Å². The zero-order chi connectivity index (χ0) is 8.43. The van der Waals surface area contributed by atoms with Crippen LogP contribution >= 0.6 is 0 Å². The van der Waals surface area contributed by atoms with Crippen molar-refractivity contribution in [1.29, 1.82) is 0 Å². The van der Waals surface area contributed by atoms with Gasteiger partial charge < -0.3 is 10.2 Å². The van der Waals surface area contributed by atoms with Crippen molar-refractivity contribution in [3.8, 4) is 5.88 Å². The second-order valence-corrected chi connectivity index (χ2v) is 2.19. The molecule has 0 radical (unpaired) electrons. The Balaban J connectivity index is 2.85. The molecule has 0 aliphatic heterocycles. The van der Waals surface area contributed by atoms with Crippen molar-refractivity contribution in [2.75, 3.05) is 0 Å². The molecule has 0 aliphatic rings. The van der Waals surface area contributed by atoms with Crippen molar-refractivity contribution in [3.63, 3.8) is 0 Å². The lowest BCUT2D eigenvalue weighted by atomic mass is 10.3. The topological polar surface area (TPSA) is 75.3 Å². The van der Waals surface area contributed by atoms with Gasteiger partial charge in [-0.15, -0.1) is 5.10 Å². The molecule has 0 unspecified atom stereocenters. The van der Waals surface area contributed by atoms with Crippen molar-refractivity contribution in [3.05, 3.63) is 11.8 Å². The monoisotopic (exact) mass is 156 g/mol. The van der Waals surface area contributed by atoms with E-state index in [1.807, 2.05) is 0 Å². The molecule has 0 spiro atoms. The van der Waals surface area contributed by atoms with E-state index in [2.05, 4.69) is 5.10 Å². The lowest BCUT2D eigenvalue weighted by molar-refractivity contribution is -0.136. The Morgan fingerprint density at radius 2 is 2.45 bits per heavy atom. The fourth-order valence-electron chi connectivity index (χ4n) is 0.810. The van der Waals surface area contributed by atoms with Crippen molar-refractivity contribution >= 4 is 5.97 Å². The Kier molecular flexibility index (Phi) is 1.80. The molecule has 2 N–H and O–H groups in total. The molecule has 0 amide bonds. The van der Waals surface area contributed by atoms with Crippen LogP contribution in [0.3, 0.4) is 0 Å². The van der Waals surface area contributed by atoms with Gasteiger partial charge in [0.05, 0.1) is 12.1 Å².